The standard InChI is InChI=1S/C43H71N2O6P/c1-6-8-10-12-14-16-17-18-19-20-21-22-23-24-25-26-27-29-31-33-35-37-43(47)44-41(40-51-52(48,49)50-39-38-45(3,4)5)42(46)36-34-32-30-28-15-13-11-9-7-2/h7-10,14-16,18-19,21-22,24-25,27-29,34,36,41-42,46H,6,11-13,17,20,23,26,30-33,35,37-40H2,1-5H3,(H-,44,47,48,49)/b9-7+,10-8-,16-14-,19-18-,22-21-,25-24-,28-15+,29-27-,36-34+. The van der Waals surface area contributed by atoms with Gasteiger partial charge in [0, 0.05) is 6.42 Å². The predicted octanol–water partition coefficient (Wildman–Crippen LogP) is 9.55. The average Bonchev–Trinajstić information content (AvgIpc) is 3.09. The summed E-state index contributed by atoms with van der Waals surface area (Å²) in [5, 5.41) is 13.6. The van der Waals surface area contributed by atoms with Crippen molar-refractivity contribution in [3.05, 3.63) is 109 Å². The molecule has 2 N–H and O–H groups in total. The van der Waals surface area contributed by atoms with Crippen LogP contribution < -0.4 is 10.2 Å². The van der Waals surface area contributed by atoms with Crippen molar-refractivity contribution in [1.82, 2.24) is 5.32 Å². The Morgan fingerprint density at radius 2 is 1.19 bits per heavy atom. The zero-order valence-electron chi connectivity index (χ0n) is 33.0. The van der Waals surface area contributed by atoms with Crippen LogP contribution in [0.3, 0.4) is 0 Å². The van der Waals surface area contributed by atoms with Gasteiger partial charge in [0.2, 0.25) is 5.91 Å². The van der Waals surface area contributed by atoms with Gasteiger partial charge >= 0.3 is 0 Å². The first kappa shape index (κ1) is 49.2. The van der Waals surface area contributed by atoms with Crippen molar-refractivity contribution in [1.29, 1.82) is 0 Å². The minimum atomic E-state index is -4.61. The summed E-state index contributed by atoms with van der Waals surface area (Å²) in [6.45, 7) is 4.18. The van der Waals surface area contributed by atoms with Crippen molar-refractivity contribution in [2.75, 3.05) is 40.9 Å². The smallest absolute Gasteiger partial charge is 0.268 e. The number of unbranched alkanes of at least 4 members (excludes halogenated alkanes) is 4. The molecule has 0 heterocycles. The van der Waals surface area contributed by atoms with Gasteiger partial charge < -0.3 is 28.8 Å². The van der Waals surface area contributed by atoms with Gasteiger partial charge in [-0.15, -0.1) is 0 Å². The van der Waals surface area contributed by atoms with Crippen molar-refractivity contribution in [3.8, 4) is 0 Å². The Bertz CT molecular complexity index is 1210. The molecule has 3 unspecified atom stereocenters. The number of nitrogens with one attached hydrogen (secondary N) is 1. The Morgan fingerprint density at radius 3 is 1.71 bits per heavy atom. The highest BCUT2D eigenvalue weighted by Crippen LogP contribution is 2.38. The molecule has 0 aromatic rings. The molecule has 294 valence electrons. The second-order valence-corrected chi connectivity index (χ2v) is 14.9. The van der Waals surface area contributed by atoms with Crippen LogP contribution in [0.15, 0.2) is 109 Å². The fourth-order valence-electron chi connectivity index (χ4n) is 4.48. The first-order chi connectivity index (χ1) is 25.0. The van der Waals surface area contributed by atoms with E-state index in [0.29, 0.717) is 23.9 Å². The number of hydrogen-bond acceptors (Lipinski definition) is 6. The van der Waals surface area contributed by atoms with Crippen LogP contribution in [0.4, 0.5) is 0 Å². The van der Waals surface area contributed by atoms with Crippen molar-refractivity contribution >= 4 is 13.7 Å². The van der Waals surface area contributed by atoms with E-state index >= 15 is 0 Å². The number of nitrogens with zero attached hydrogens (tertiary/aromatic N) is 1. The van der Waals surface area contributed by atoms with E-state index in [-0.39, 0.29) is 18.9 Å². The van der Waals surface area contributed by atoms with E-state index in [9.17, 15) is 19.4 Å². The van der Waals surface area contributed by atoms with Crippen LogP contribution >= 0.6 is 7.82 Å². The van der Waals surface area contributed by atoms with E-state index in [2.05, 4.69) is 103 Å². The van der Waals surface area contributed by atoms with Crippen LogP contribution in [0.25, 0.3) is 0 Å². The summed E-state index contributed by atoms with van der Waals surface area (Å²) in [5.74, 6) is -0.264. The Labute approximate surface area is 317 Å². The number of aliphatic hydroxyl groups is 1. The monoisotopic (exact) mass is 743 g/mol. The van der Waals surface area contributed by atoms with E-state index in [1.165, 1.54) is 0 Å². The predicted molar refractivity (Wildman–Crippen MR) is 219 cm³/mol. The van der Waals surface area contributed by atoms with Gasteiger partial charge in [-0.25, -0.2) is 0 Å². The third kappa shape index (κ3) is 35.6. The lowest BCUT2D eigenvalue weighted by Gasteiger charge is -2.29. The molecule has 0 aliphatic rings. The van der Waals surface area contributed by atoms with Crippen molar-refractivity contribution in [2.45, 2.75) is 116 Å². The number of allylic oxidation sites excluding steroid dienone is 17. The number of aliphatic hydroxyl groups excluding tert-OH is 1. The van der Waals surface area contributed by atoms with Gasteiger partial charge in [-0.05, 0) is 90.4 Å². The van der Waals surface area contributed by atoms with E-state index in [0.717, 1.165) is 70.6 Å². The highest BCUT2D eigenvalue weighted by atomic mass is 31.2. The summed E-state index contributed by atoms with van der Waals surface area (Å²) in [6, 6.07) is -0.937. The summed E-state index contributed by atoms with van der Waals surface area (Å²) in [7, 11) is 1.18. The molecule has 52 heavy (non-hydrogen) atoms. The molecule has 0 bridgehead atoms. The molecular formula is C43H71N2O6P. The fraction of sp³-hybridized carbons (Fsp3) is 0.558. The minimum absolute atomic E-state index is 0.0250. The molecule has 9 heteroatoms. The van der Waals surface area contributed by atoms with Gasteiger partial charge in [-0.1, -0.05) is 116 Å². The molecule has 1 amide bonds. The summed E-state index contributed by atoms with van der Waals surface area (Å²) < 4.78 is 23.0. The molecule has 0 aromatic carbocycles. The third-order valence-corrected chi connectivity index (χ3v) is 8.50. The first-order valence-corrected chi connectivity index (χ1v) is 20.7. The Balaban J connectivity index is 4.56. The number of carbonyl (C=O) groups excluding carboxylic acids is 1. The second-order valence-electron chi connectivity index (χ2n) is 13.5. The van der Waals surface area contributed by atoms with Gasteiger partial charge in [0.1, 0.15) is 13.2 Å². The lowest BCUT2D eigenvalue weighted by atomic mass is 10.1. The molecule has 0 radical (unpaired) electrons. The molecule has 0 rings (SSSR count). The summed E-state index contributed by atoms with van der Waals surface area (Å²) >= 11 is 0. The number of hydrogen-bond donors (Lipinski definition) is 2. The van der Waals surface area contributed by atoms with Gasteiger partial charge in [-0.3, -0.25) is 9.36 Å². The maximum Gasteiger partial charge on any atom is 0.268 e. The molecule has 0 saturated carbocycles. The number of phosphoric acid groups is 1. The number of likely N-dealkylation sites (N-methyl/N-ethyl adjacent to an activating group) is 1. The SMILES string of the molecule is C/C=C/CC/C=C/CC/C=C/C(O)C(COP(=O)([O-])OCC[N+](C)(C)C)NC(=O)CCCC/C=C\C/C=C\C/C=C\C/C=C\C/C=C\C/C=C\CC. The molecule has 8 nitrogen and oxygen atoms in total. The zero-order chi connectivity index (χ0) is 38.6. The highest BCUT2D eigenvalue weighted by Gasteiger charge is 2.23. The molecule has 0 aliphatic heterocycles. The Kier molecular flexibility index (Phi) is 32.1. The summed E-state index contributed by atoms with van der Waals surface area (Å²) in [4.78, 5) is 25.1. The van der Waals surface area contributed by atoms with E-state index < -0.39 is 26.6 Å². The van der Waals surface area contributed by atoms with Crippen molar-refractivity contribution in [2.24, 2.45) is 0 Å². The van der Waals surface area contributed by atoms with Crippen LogP contribution in [0.2, 0.25) is 0 Å². The molecule has 0 aliphatic carbocycles. The number of phosphoric ester groups is 1. The van der Waals surface area contributed by atoms with Crippen LogP contribution in [0, 0.1) is 0 Å². The highest BCUT2D eigenvalue weighted by molar-refractivity contribution is 7.45. The molecular weight excluding hydrogens is 671 g/mol. The van der Waals surface area contributed by atoms with Crippen LogP contribution in [-0.2, 0) is 18.4 Å². The minimum Gasteiger partial charge on any atom is -0.756 e. The van der Waals surface area contributed by atoms with E-state index in [1.54, 1.807) is 6.08 Å². The van der Waals surface area contributed by atoms with Crippen molar-refractivity contribution < 1.29 is 32.9 Å². The first-order valence-electron chi connectivity index (χ1n) is 19.2. The quantitative estimate of drug-likeness (QED) is 0.0308. The fourth-order valence-corrected chi connectivity index (χ4v) is 5.21. The molecule has 0 saturated heterocycles. The number of carbonyl (C=O) groups is 1. The van der Waals surface area contributed by atoms with E-state index in [1.807, 2.05) is 40.2 Å². The molecule has 3 atom stereocenters. The topological polar surface area (TPSA) is 108 Å². The summed E-state index contributed by atoms with van der Waals surface area (Å²) in [6.07, 6.45) is 48.8. The lowest BCUT2D eigenvalue weighted by molar-refractivity contribution is -0.870. The van der Waals surface area contributed by atoms with Gasteiger partial charge in [0.05, 0.1) is 39.9 Å². The largest absolute Gasteiger partial charge is 0.756 e. The van der Waals surface area contributed by atoms with Gasteiger partial charge in [0.15, 0.2) is 0 Å². The molecule has 0 spiro atoms. The van der Waals surface area contributed by atoms with Gasteiger partial charge in [0.25, 0.3) is 7.82 Å². The van der Waals surface area contributed by atoms with Crippen LogP contribution in [0.5, 0.6) is 0 Å². The van der Waals surface area contributed by atoms with Gasteiger partial charge in [-0.2, -0.15) is 0 Å². The number of rotatable bonds is 32. The normalized spacial score (nSPS) is 15.8. The number of amides is 1. The molecule has 0 fully saturated rings. The van der Waals surface area contributed by atoms with Crippen LogP contribution in [0.1, 0.15) is 104 Å². The maximum atomic E-state index is 12.8. The van der Waals surface area contributed by atoms with Crippen molar-refractivity contribution in [3.63, 3.8) is 0 Å². The zero-order valence-corrected chi connectivity index (χ0v) is 33.8. The van der Waals surface area contributed by atoms with Crippen LogP contribution in [-0.4, -0.2) is 68.5 Å². The second kappa shape index (κ2) is 34.0. The number of quaternary nitrogens is 1. The summed E-state index contributed by atoms with van der Waals surface area (Å²) in [5.41, 5.74) is 0. The average molecular weight is 743 g/mol. The maximum absolute atomic E-state index is 12.8. The Hall–Kier alpha value is -2.84. The van der Waals surface area contributed by atoms with E-state index in [4.69, 9.17) is 9.05 Å². The lowest BCUT2D eigenvalue weighted by Crippen LogP contribution is -2.45. The third-order valence-electron chi connectivity index (χ3n) is 7.54. The molecule has 0 aromatic heterocycles. The Morgan fingerprint density at radius 1 is 0.712 bits per heavy atom.